The molecule has 0 N–H and O–H groups in total. The quantitative estimate of drug-likeness (QED) is 0.699. The highest BCUT2D eigenvalue weighted by Gasteiger charge is 2.27. The van der Waals surface area contributed by atoms with Crippen LogP contribution in [0.5, 0.6) is 0 Å². The fourth-order valence-electron chi connectivity index (χ4n) is 2.57. The number of rotatable bonds is 6. The van der Waals surface area contributed by atoms with Crippen molar-refractivity contribution in [1.82, 2.24) is 4.90 Å². The van der Waals surface area contributed by atoms with Gasteiger partial charge in [0.25, 0.3) is 5.91 Å². The predicted octanol–water partition coefficient (Wildman–Crippen LogP) is 4.41. The molecule has 2 aromatic rings. The molecule has 1 aromatic carbocycles. The predicted molar refractivity (Wildman–Crippen MR) is 97.3 cm³/mol. The summed E-state index contributed by atoms with van der Waals surface area (Å²) in [6.07, 6.45) is 3.45. The first-order chi connectivity index (χ1) is 12.1. The van der Waals surface area contributed by atoms with Gasteiger partial charge in [0.1, 0.15) is 0 Å². The Labute approximate surface area is 155 Å². The van der Waals surface area contributed by atoms with Gasteiger partial charge < -0.3 is 14.2 Å². The van der Waals surface area contributed by atoms with Crippen molar-refractivity contribution in [2.24, 2.45) is 5.16 Å². The van der Waals surface area contributed by atoms with Crippen LogP contribution in [0.25, 0.3) is 0 Å². The van der Waals surface area contributed by atoms with Gasteiger partial charge in [-0.3, -0.25) is 4.79 Å². The molecule has 5 nitrogen and oxygen atoms in total. The van der Waals surface area contributed by atoms with Crippen LogP contribution in [-0.4, -0.2) is 35.7 Å². The molecule has 1 atom stereocenters. The van der Waals surface area contributed by atoms with Crippen molar-refractivity contribution in [1.29, 1.82) is 0 Å². The Bertz CT molecular complexity index is 803. The highest BCUT2D eigenvalue weighted by Crippen LogP contribution is 2.26. The Morgan fingerprint density at radius 3 is 2.88 bits per heavy atom. The molecule has 1 amide bonds. The van der Waals surface area contributed by atoms with Crippen LogP contribution in [-0.2, 0) is 4.84 Å². The van der Waals surface area contributed by atoms with Crippen LogP contribution >= 0.6 is 23.2 Å². The van der Waals surface area contributed by atoms with E-state index in [0.29, 0.717) is 29.6 Å². The first kappa shape index (κ1) is 17.6. The number of nitrogens with zero attached hydrogens (tertiary/aromatic N) is 2. The molecule has 0 bridgehead atoms. The number of hydrogen-bond donors (Lipinski definition) is 0. The standard InChI is InChI=1S/C18H16Cl2N2O3/c1-2-7-22(18(23)17-4-3-8-24-17)11-13-10-16(21-25-13)12-5-6-14(19)15(20)9-12/h2-6,8-9,13H,1,7,10-11H2/t13-/m0/s1. The summed E-state index contributed by atoms with van der Waals surface area (Å²) in [5, 5.41) is 5.07. The average Bonchev–Trinajstić information content (AvgIpc) is 3.28. The van der Waals surface area contributed by atoms with Crippen LogP contribution in [0.4, 0.5) is 0 Å². The molecular weight excluding hydrogens is 363 g/mol. The lowest BCUT2D eigenvalue weighted by molar-refractivity contribution is 0.0432. The zero-order valence-corrected chi connectivity index (χ0v) is 14.8. The van der Waals surface area contributed by atoms with Gasteiger partial charge in [-0.15, -0.1) is 6.58 Å². The van der Waals surface area contributed by atoms with E-state index in [4.69, 9.17) is 32.5 Å². The number of benzene rings is 1. The molecule has 25 heavy (non-hydrogen) atoms. The van der Waals surface area contributed by atoms with Crippen molar-refractivity contribution in [3.8, 4) is 0 Å². The van der Waals surface area contributed by atoms with E-state index in [1.165, 1.54) is 6.26 Å². The van der Waals surface area contributed by atoms with E-state index < -0.39 is 0 Å². The van der Waals surface area contributed by atoms with Crippen LogP contribution in [0.1, 0.15) is 22.5 Å². The van der Waals surface area contributed by atoms with Gasteiger partial charge in [-0.25, -0.2) is 0 Å². The van der Waals surface area contributed by atoms with E-state index in [-0.39, 0.29) is 17.8 Å². The van der Waals surface area contributed by atoms with Gasteiger partial charge in [0.05, 0.1) is 28.6 Å². The lowest BCUT2D eigenvalue weighted by Crippen LogP contribution is -2.37. The molecule has 130 valence electrons. The van der Waals surface area contributed by atoms with E-state index in [9.17, 15) is 4.79 Å². The Kier molecular flexibility index (Phi) is 5.46. The fourth-order valence-corrected chi connectivity index (χ4v) is 2.87. The molecule has 0 radical (unpaired) electrons. The summed E-state index contributed by atoms with van der Waals surface area (Å²) < 4.78 is 5.18. The van der Waals surface area contributed by atoms with Crippen LogP contribution in [0.3, 0.4) is 0 Å². The minimum atomic E-state index is -0.247. The molecule has 3 rings (SSSR count). The molecule has 0 unspecified atom stereocenters. The number of carbonyl (C=O) groups is 1. The zero-order chi connectivity index (χ0) is 17.8. The molecule has 0 saturated heterocycles. The third kappa shape index (κ3) is 4.06. The monoisotopic (exact) mass is 378 g/mol. The van der Waals surface area contributed by atoms with Crippen LogP contribution in [0.15, 0.2) is 58.8 Å². The highest BCUT2D eigenvalue weighted by atomic mass is 35.5. The van der Waals surface area contributed by atoms with Crippen molar-refractivity contribution in [3.05, 3.63) is 70.6 Å². The SMILES string of the molecule is C=CCN(C[C@@H]1CC(c2ccc(Cl)c(Cl)c2)=NO1)C(=O)c1ccco1. The molecule has 2 heterocycles. The summed E-state index contributed by atoms with van der Waals surface area (Å²) in [5.74, 6) is 0.0713. The number of halogens is 2. The van der Waals surface area contributed by atoms with E-state index >= 15 is 0 Å². The van der Waals surface area contributed by atoms with E-state index in [1.54, 1.807) is 35.2 Å². The second-order valence-electron chi connectivity index (χ2n) is 5.57. The number of carbonyl (C=O) groups excluding carboxylic acids is 1. The van der Waals surface area contributed by atoms with Crippen molar-refractivity contribution in [2.75, 3.05) is 13.1 Å². The molecule has 1 aliphatic rings. The van der Waals surface area contributed by atoms with Crippen molar-refractivity contribution >= 4 is 34.8 Å². The summed E-state index contributed by atoms with van der Waals surface area (Å²) in [7, 11) is 0. The van der Waals surface area contributed by atoms with Crippen LogP contribution in [0, 0.1) is 0 Å². The Morgan fingerprint density at radius 2 is 2.20 bits per heavy atom. The largest absolute Gasteiger partial charge is 0.459 e. The Balaban J connectivity index is 1.66. The minimum Gasteiger partial charge on any atom is -0.459 e. The molecule has 0 saturated carbocycles. The molecule has 1 aromatic heterocycles. The maximum atomic E-state index is 12.5. The molecule has 0 aliphatic carbocycles. The van der Waals surface area contributed by atoms with Crippen molar-refractivity contribution in [3.63, 3.8) is 0 Å². The van der Waals surface area contributed by atoms with Crippen LogP contribution < -0.4 is 0 Å². The summed E-state index contributed by atoms with van der Waals surface area (Å²) in [4.78, 5) is 19.6. The summed E-state index contributed by atoms with van der Waals surface area (Å²) >= 11 is 12.0. The van der Waals surface area contributed by atoms with Crippen molar-refractivity contribution in [2.45, 2.75) is 12.5 Å². The number of amides is 1. The second kappa shape index (κ2) is 7.76. The molecular formula is C18H16Cl2N2O3. The number of oxime groups is 1. The molecule has 1 aliphatic heterocycles. The smallest absolute Gasteiger partial charge is 0.289 e. The van der Waals surface area contributed by atoms with E-state index in [1.807, 2.05) is 6.07 Å². The molecule has 0 fully saturated rings. The Morgan fingerprint density at radius 1 is 1.36 bits per heavy atom. The van der Waals surface area contributed by atoms with Gasteiger partial charge >= 0.3 is 0 Å². The highest BCUT2D eigenvalue weighted by molar-refractivity contribution is 6.42. The van der Waals surface area contributed by atoms with Gasteiger partial charge in [-0.1, -0.05) is 40.5 Å². The van der Waals surface area contributed by atoms with E-state index in [2.05, 4.69) is 11.7 Å². The average molecular weight is 379 g/mol. The van der Waals surface area contributed by atoms with Crippen LogP contribution in [0.2, 0.25) is 10.0 Å². The summed E-state index contributed by atoms with van der Waals surface area (Å²) in [6.45, 7) is 4.46. The van der Waals surface area contributed by atoms with E-state index in [0.717, 1.165) is 11.3 Å². The first-order valence-corrected chi connectivity index (χ1v) is 8.46. The van der Waals surface area contributed by atoms with Crippen molar-refractivity contribution < 1.29 is 14.0 Å². The normalized spacial score (nSPS) is 16.2. The molecule has 7 heteroatoms. The third-order valence-electron chi connectivity index (χ3n) is 3.78. The zero-order valence-electron chi connectivity index (χ0n) is 13.3. The fraction of sp³-hybridized carbons (Fsp3) is 0.222. The maximum Gasteiger partial charge on any atom is 0.289 e. The Hall–Kier alpha value is -2.24. The number of hydrogen-bond acceptors (Lipinski definition) is 4. The second-order valence-corrected chi connectivity index (χ2v) is 6.39. The number of furan rings is 1. The lowest BCUT2D eigenvalue weighted by atomic mass is 10.0. The van der Waals surface area contributed by atoms with Gasteiger partial charge in [-0.05, 0) is 24.3 Å². The minimum absolute atomic E-state index is 0.212. The first-order valence-electron chi connectivity index (χ1n) is 7.70. The van der Waals surface area contributed by atoms with Gasteiger partial charge in [0, 0.05) is 18.5 Å². The van der Waals surface area contributed by atoms with Gasteiger partial charge in [0.15, 0.2) is 11.9 Å². The topological polar surface area (TPSA) is 55.0 Å². The summed E-state index contributed by atoms with van der Waals surface area (Å²) in [5.41, 5.74) is 1.62. The summed E-state index contributed by atoms with van der Waals surface area (Å²) in [6, 6.07) is 8.63. The van der Waals surface area contributed by atoms with Gasteiger partial charge in [0.2, 0.25) is 0 Å². The molecule has 0 spiro atoms. The third-order valence-corrected chi connectivity index (χ3v) is 4.52. The lowest BCUT2D eigenvalue weighted by Gasteiger charge is -2.22. The maximum absolute atomic E-state index is 12.5. The van der Waals surface area contributed by atoms with Gasteiger partial charge in [-0.2, -0.15) is 0 Å².